The van der Waals surface area contributed by atoms with Gasteiger partial charge < -0.3 is 9.73 Å². The Labute approximate surface area is 138 Å². The van der Waals surface area contributed by atoms with E-state index in [0.29, 0.717) is 18.8 Å². The van der Waals surface area contributed by atoms with Crippen LogP contribution in [0.15, 0.2) is 22.8 Å². The molecule has 0 aromatic carbocycles. The van der Waals surface area contributed by atoms with Crippen molar-refractivity contribution in [3.8, 4) is 0 Å². The maximum atomic E-state index is 12.1. The van der Waals surface area contributed by atoms with Gasteiger partial charge in [-0.2, -0.15) is 5.10 Å². The summed E-state index contributed by atoms with van der Waals surface area (Å²) < 4.78 is 7.36. The second-order valence-electron chi connectivity index (χ2n) is 6.53. The highest BCUT2D eigenvalue weighted by Gasteiger charge is 2.15. The van der Waals surface area contributed by atoms with E-state index in [0.717, 1.165) is 18.0 Å². The van der Waals surface area contributed by atoms with Crippen LogP contribution in [0.5, 0.6) is 0 Å². The maximum Gasteiger partial charge on any atom is 0.220 e. The monoisotopic (exact) mass is 317 g/mol. The van der Waals surface area contributed by atoms with E-state index in [4.69, 9.17) is 4.42 Å². The molecule has 5 heteroatoms. The number of hydrogen-bond donors (Lipinski definition) is 1. The lowest BCUT2D eigenvalue weighted by Gasteiger charge is -2.11. The summed E-state index contributed by atoms with van der Waals surface area (Å²) in [7, 11) is 0. The first-order valence-corrected chi connectivity index (χ1v) is 8.24. The van der Waals surface area contributed by atoms with E-state index in [9.17, 15) is 4.79 Å². The number of aromatic nitrogens is 2. The molecule has 2 heterocycles. The number of furan rings is 1. The number of nitrogens with zero attached hydrogens (tertiary/aromatic N) is 2. The summed E-state index contributed by atoms with van der Waals surface area (Å²) >= 11 is 0. The first-order chi connectivity index (χ1) is 10.9. The SMILES string of the molecule is Cc1nn(CC(C)C)c(C)c1CCC(=O)NC(C)c1ccco1. The Balaban J connectivity index is 1.93. The molecule has 0 aliphatic rings. The number of carbonyl (C=O) groups excluding carboxylic acids is 1. The van der Waals surface area contributed by atoms with Gasteiger partial charge in [-0.3, -0.25) is 9.48 Å². The van der Waals surface area contributed by atoms with Crippen molar-refractivity contribution in [2.75, 3.05) is 0 Å². The fraction of sp³-hybridized carbons (Fsp3) is 0.556. The van der Waals surface area contributed by atoms with Crippen LogP contribution in [0.25, 0.3) is 0 Å². The molecule has 0 bridgehead atoms. The lowest BCUT2D eigenvalue weighted by Crippen LogP contribution is -2.26. The Hall–Kier alpha value is -2.04. The number of aryl methyl sites for hydroxylation is 1. The van der Waals surface area contributed by atoms with Gasteiger partial charge in [-0.05, 0) is 50.8 Å². The molecule has 2 aromatic heterocycles. The summed E-state index contributed by atoms with van der Waals surface area (Å²) in [5.41, 5.74) is 3.38. The quantitative estimate of drug-likeness (QED) is 0.849. The fourth-order valence-electron chi connectivity index (χ4n) is 2.78. The van der Waals surface area contributed by atoms with Crippen LogP contribution in [0, 0.1) is 19.8 Å². The van der Waals surface area contributed by atoms with Crippen molar-refractivity contribution >= 4 is 5.91 Å². The van der Waals surface area contributed by atoms with Crippen LogP contribution < -0.4 is 5.32 Å². The summed E-state index contributed by atoms with van der Waals surface area (Å²) in [5.74, 6) is 1.36. The molecule has 126 valence electrons. The van der Waals surface area contributed by atoms with Gasteiger partial charge in [0.25, 0.3) is 0 Å². The molecule has 5 nitrogen and oxygen atoms in total. The number of hydrogen-bond acceptors (Lipinski definition) is 3. The lowest BCUT2D eigenvalue weighted by molar-refractivity contribution is -0.121. The van der Waals surface area contributed by atoms with E-state index >= 15 is 0 Å². The summed E-state index contributed by atoms with van der Waals surface area (Å²) in [5, 5.41) is 7.57. The van der Waals surface area contributed by atoms with Crippen LogP contribution in [-0.2, 0) is 17.8 Å². The Morgan fingerprint density at radius 3 is 2.70 bits per heavy atom. The third-order valence-corrected chi connectivity index (χ3v) is 4.02. The van der Waals surface area contributed by atoms with Gasteiger partial charge in [0.05, 0.1) is 18.0 Å². The molecule has 0 spiro atoms. The Kier molecular flexibility index (Phi) is 5.64. The Bertz CT molecular complexity index is 642. The van der Waals surface area contributed by atoms with Crippen molar-refractivity contribution in [3.05, 3.63) is 41.1 Å². The van der Waals surface area contributed by atoms with Gasteiger partial charge >= 0.3 is 0 Å². The summed E-state index contributed by atoms with van der Waals surface area (Å²) in [6, 6.07) is 3.59. The first kappa shape index (κ1) is 17.3. The van der Waals surface area contributed by atoms with Gasteiger partial charge in [0.15, 0.2) is 0 Å². The third-order valence-electron chi connectivity index (χ3n) is 4.02. The molecule has 1 N–H and O–H groups in total. The highest BCUT2D eigenvalue weighted by atomic mass is 16.3. The second kappa shape index (κ2) is 7.49. The number of nitrogens with one attached hydrogen (secondary N) is 1. The van der Waals surface area contributed by atoms with Crippen molar-refractivity contribution in [2.45, 2.75) is 60.0 Å². The minimum atomic E-state index is -0.108. The molecule has 23 heavy (non-hydrogen) atoms. The zero-order valence-electron chi connectivity index (χ0n) is 14.7. The zero-order chi connectivity index (χ0) is 17.0. The molecule has 0 aliphatic heterocycles. The molecule has 1 amide bonds. The number of amides is 1. The van der Waals surface area contributed by atoms with Crippen molar-refractivity contribution in [3.63, 3.8) is 0 Å². The summed E-state index contributed by atoms with van der Waals surface area (Å²) in [6.07, 6.45) is 2.79. The Morgan fingerprint density at radius 2 is 2.09 bits per heavy atom. The van der Waals surface area contributed by atoms with Crippen molar-refractivity contribution in [2.24, 2.45) is 5.92 Å². The van der Waals surface area contributed by atoms with Gasteiger partial charge in [-0.1, -0.05) is 13.8 Å². The molecule has 0 saturated heterocycles. The maximum absolute atomic E-state index is 12.1. The minimum absolute atomic E-state index is 0.0318. The van der Waals surface area contributed by atoms with E-state index in [2.05, 4.69) is 35.9 Å². The second-order valence-corrected chi connectivity index (χ2v) is 6.53. The molecule has 0 saturated carbocycles. The number of carbonyl (C=O) groups is 1. The van der Waals surface area contributed by atoms with Gasteiger partial charge in [-0.15, -0.1) is 0 Å². The standard InChI is InChI=1S/C18H27N3O2/c1-12(2)11-21-15(5)16(13(3)20-21)8-9-18(22)19-14(4)17-7-6-10-23-17/h6-7,10,12,14H,8-9,11H2,1-5H3,(H,19,22). The van der Waals surface area contributed by atoms with Crippen LogP contribution >= 0.6 is 0 Å². The molecule has 1 unspecified atom stereocenters. The molecule has 1 atom stereocenters. The molecular formula is C18H27N3O2. The molecule has 2 aromatic rings. The third kappa shape index (κ3) is 4.47. The largest absolute Gasteiger partial charge is 0.467 e. The van der Waals surface area contributed by atoms with Crippen LogP contribution in [0.1, 0.15) is 55.9 Å². The van der Waals surface area contributed by atoms with Crippen molar-refractivity contribution in [1.82, 2.24) is 15.1 Å². The smallest absolute Gasteiger partial charge is 0.220 e. The highest BCUT2D eigenvalue weighted by Crippen LogP contribution is 2.17. The highest BCUT2D eigenvalue weighted by molar-refractivity contribution is 5.76. The topological polar surface area (TPSA) is 60.1 Å². The minimum Gasteiger partial charge on any atom is -0.467 e. The average molecular weight is 317 g/mol. The summed E-state index contributed by atoms with van der Waals surface area (Å²) in [6.45, 7) is 11.3. The molecule has 0 radical (unpaired) electrons. The predicted octanol–water partition coefficient (Wildman–Crippen LogP) is 3.56. The van der Waals surface area contributed by atoms with E-state index in [-0.39, 0.29) is 11.9 Å². The molecule has 2 rings (SSSR count). The molecule has 0 aliphatic carbocycles. The van der Waals surface area contributed by atoms with Crippen molar-refractivity contribution < 1.29 is 9.21 Å². The van der Waals surface area contributed by atoms with Crippen LogP contribution in [-0.4, -0.2) is 15.7 Å². The average Bonchev–Trinajstić information content (AvgIpc) is 3.07. The van der Waals surface area contributed by atoms with E-state index in [1.807, 2.05) is 26.0 Å². The fourth-order valence-corrected chi connectivity index (χ4v) is 2.78. The Morgan fingerprint density at radius 1 is 1.35 bits per heavy atom. The van der Waals surface area contributed by atoms with Gasteiger partial charge in [0, 0.05) is 18.7 Å². The van der Waals surface area contributed by atoms with Crippen LogP contribution in [0.2, 0.25) is 0 Å². The summed E-state index contributed by atoms with van der Waals surface area (Å²) in [4.78, 5) is 12.1. The normalized spacial score (nSPS) is 12.6. The zero-order valence-corrected chi connectivity index (χ0v) is 14.7. The van der Waals surface area contributed by atoms with Crippen molar-refractivity contribution in [1.29, 1.82) is 0 Å². The van der Waals surface area contributed by atoms with Gasteiger partial charge in [-0.25, -0.2) is 0 Å². The molecular weight excluding hydrogens is 290 g/mol. The number of rotatable bonds is 7. The van der Waals surface area contributed by atoms with Crippen LogP contribution in [0.4, 0.5) is 0 Å². The van der Waals surface area contributed by atoms with Crippen LogP contribution in [0.3, 0.4) is 0 Å². The van der Waals surface area contributed by atoms with Gasteiger partial charge in [0.1, 0.15) is 5.76 Å². The van der Waals surface area contributed by atoms with E-state index in [1.54, 1.807) is 6.26 Å². The first-order valence-electron chi connectivity index (χ1n) is 8.24. The van der Waals surface area contributed by atoms with Gasteiger partial charge in [0.2, 0.25) is 5.91 Å². The predicted molar refractivity (Wildman–Crippen MR) is 90.1 cm³/mol. The van der Waals surface area contributed by atoms with E-state index in [1.165, 1.54) is 11.3 Å². The molecule has 0 fully saturated rings. The van der Waals surface area contributed by atoms with E-state index < -0.39 is 0 Å². The lowest BCUT2D eigenvalue weighted by atomic mass is 10.1.